The predicted molar refractivity (Wildman–Crippen MR) is 110 cm³/mol. The van der Waals surface area contributed by atoms with Crippen LogP contribution in [-0.4, -0.2) is 30.3 Å². The molecule has 29 heavy (non-hydrogen) atoms. The molecule has 0 saturated heterocycles. The van der Waals surface area contributed by atoms with Gasteiger partial charge in [-0.15, -0.1) is 0 Å². The van der Waals surface area contributed by atoms with Crippen LogP contribution in [-0.2, 0) is 17.8 Å². The van der Waals surface area contributed by atoms with Crippen molar-refractivity contribution in [2.75, 3.05) is 14.2 Å². The van der Waals surface area contributed by atoms with Crippen molar-refractivity contribution in [3.05, 3.63) is 71.8 Å². The molecule has 0 saturated carbocycles. The molecule has 0 bridgehead atoms. The van der Waals surface area contributed by atoms with Crippen molar-refractivity contribution in [3.63, 3.8) is 0 Å². The van der Waals surface area contributed by atoms with E-state index in [1.54, 1.807) is 20.3 Å². The number of pyridine rings is 1. The highest BCUT2D eigenvalue weighted by Crippen LogP contribution is 2.37. The van der Waals surface area contributed by atoms with E-state index in [0.29, 0.717) is 36.1 Å². The Hall–Kier alpha value is -3.54. The van der Waals surface area contributed by atoms with Crippen molar-refractivity contribution in [1.29, 1.82) is 0 Å². The van der Waals surface area contributed by atoms with Gasteiger partial charge < -0.3 is 19.3 Å². The van der Waals surface area contributed by atoms with Crippen LogP contribution in [0.1, 0.15) is 17.5 Å². The number of rotatable bonds is 9. The number of benzene rings is 2. The summed E-state index contributed by atoms with van der Waals surface area (Å²) in [6, 6.07) is 18.8. The van der Waals surface area contributed by atoms with Gasteiger partial charge in [0.2, 0.25) is 5.88 Å². The summed E-state index contributed by atoms with van der Waals surface area (Å²) in [5.74, 6) is 1.04. The van der Waals surface area contributed by atoms with E-state index in [1.807, 2.05) is 54.6 Å². The average molecular weight is 393 g/mol. The molecular weight excluding hydrogens is 370 g/mol. The van der Waals surface area contributed by atoms with Crippen molar-refractivity contribution in [1.82, 2.24) is 4.98 Å². The molecular formula is C23H23NO5. The number of carbonyl (C=O) groups is 1. The minimum atomic E-state index is -0.796. The lowest BCUT2D eigenvalue weighted by Crippen LogP contribution is -2.00. The van der Waals surface area contributed by atoms with Crippen LogP contribution in [0.15, 0.2) is 60.7 Å². The van der Waals surface area contributed by atoms with Crippen LogP contribution in [0.4, 0.5) is 0 Å². The first-order valence-corrected chi connectivity index (χ1v) is 9.21. The Balaban J connectivity index is 1.72. The van der Waals surface area contributed by atoms with Gasteiger partial charge in [0, 0.05) is 12.5 Å². The molecule has 0 aliphatic carbocycles. The lowest BCUT2D eigenvalue weighted by molar-refractivity contribution is -0.136. The summed E-state index contributed by atoms with van der Waals surface area (Å²) < 4.78 is 16.8. The molecule has 6 heteroatoms. The van der Waals surface area contributed by atoms with Gasteiger partial charge in [-0.3, -0.25) is 4.79 Å². The maximum Gasteiger partial charge on any atom is 0.303 e. The smallest absolute Gasteiger partial charge is 0.303 e. The Kier molecular flexibility index (Phi) is 6.68. The monoisotopic (exact) mass is 393 g/mol. The van der Waals surface area contributed by atoms with E-state index >= 15 is 0 Å². The molecule has 1 N–H and O–H groups in total. The van der Waals surface area contributed by atoms with E-state index in [4.69, 9.17) is 19.3 Å². The van der Waals surface area contributed by atoms with Gasteiger partial charge in [0.15, 0.2) is 0 Å². The fraction of sp³-hybridized carbons (Fsp3) is 0.217. The molecule has 0 unspecified atom stereocenters. The number of nitrogens with zero attached hydrogens (tertiary/aromatic N) is 1. The van der Waals surface area contributed by atoms with Crippen LogP contribution in [0.5, 0.6) is 17.4 Å². The minimum Gasteiger partial charge on any atom is -0.496 e. The van der Waals surface area contributed by atoms with E-state index in [0.717, 1.165) is 16.7 Å². The summed E-state index contributed by atoms with van der Waals surface area (Å²) in [4.78, 5) is 15.3. The van der Waals surface area contributed by atoms with Crippen molar-refractivity contribution < 1.29 is 24.1 Å². The Morgan fingerprint density at radius 2 is 1.52 bits per heavy atom. The first-order valence-electron chi connectivity index (χ1n) is 9.21. The van der Waals surface area contributed by atoms with Gasteiger partial charge in [0.1, 0.15) is 18.1 Å². The molecule has 2 aromatic carbocycles. The van der Waals surface area contributed by atoms with Gasteiger partial charge in [0.25, 0.3) is 0 Å². The maximum absolute atomic E-state index is 10.7. The summed E-state index contributed by atoms with van der Waals surface area (Å²) >= 11 is 0. The summed E-state index contributed by atoms with van der Waals surface area (Å²) in [7, 11) is 3.22. The molecule has 3 rings (SSSR count). The summed E-state index contributed by atoms with van der Waals surface area (Å²) in [5, 5.41) is 8.77. The normalized spacial score (nSPS) is 10.4. The first kappa shape index (κ1) is 20.2. The van der Waals surface area contributed by atoms with Crippen LogP contribution in [0, 0.1) is 0 Å². The Morgan fingerprint density at radius 1 is 0.897 bits per heavy atom. The molecule has 3 aromatic rings. The molecule has 0 aliphatic heterocycles. The molecule has 1 heterocycles. The molecule has 0 radical (unpaired) electrons. The molecule has 0 spiro atoms. The lowest BCUT2D eigenvalue weighted by Gasteiger charge is -2.13. The van der Waals surface area contributed by atoms with E-state index in [1.165, 1.54) is 0 Å². The topological polar surface area (TPSA) is 77.9 Å². The van der Waals surface area contributed by atoms with Gasteiger partial charge >= 0.3 is 5.97 Å². The number of ether oxygens (including phenoxy) is 3. The number of hydrogen-bond donors (Lipinski definition) is 1. The molecule has 0 amide bonds. The highest BCUT2D eigenvalue weighted by Gasteiger charge is 2.14. The third kappa shape index (κ3) is 5.25. The number of aryl methyl sites for hydroxylation is 1. The van der Waals surface area contributed by atoms with Gasteiger partial charge in [-0.2, -0.15) is 0 Å². The van der Waals surface area contributed by atoms with Crippen LogP contribution >= 0.6 is 0 Å². The van der Waals surface area contributed by atoms with Crippen LogP contribution in [0.3, 0.4) is 0 Å². The number of hydrogen-bond acceptors (Lipinski definition) is 5. The number of aliphatic carboxylic acids is 1. The first-order chi connectivity index (χ1) is 14.1. The zero-order valence-electron chi connectivity index (χ0n) is 16.4. The Bertz CT molecular complexity index is 947. The minimum absolute atomic E-state index is 0.124. The van der Waals surface area contributed by atoms with E-state index in [-0.39, 0.29) is 6.42 Å². The predicted octanol–water partition coefficient (Wildman–Crippen LogP) is 4.36. The van der Waals surface area contributed by atoms with Crippen molar-refractivity contribution in [3.8, 4) is 28.6 Å². The summed E-state index contributed by atoms with van der Waals surface area (Å²) in [6.45, 7) is 0.360. The van der Waals surface area contributed by atoms with E-state index in [9.17, 15) is 4.79 Å². The maximum atomic E-state index is 10.7. The standard InChI is InChI=1S/C23H23NO5/c1-27-19-6-4-7-20(28-2)23(19)18-5-3-8-21(24-18)29-15-17-11-9-16(10-12-17)13-14-22(25)26/h3-12H,13-15H2,1-2H3,(H,25,26). The average Bonchev–Trinajstić information content (AvgIpc) is 2.76. The number of methoxy groups -OCH3 is 2. The molecule has 0 aliphatic rings. The lowest BCUT2D eigenvalue weighted by atomic mass is 10.1. The van der Waals surface area contributed by atoms with Gasteiger partial charge in [-0.05, 0) is 35.7 Å². The zero-order valence-corrected chi connectivity index (χ0v) is 16.4. The third-order valence-electron chi connectivity index (χ3n) is 4.44. The second kappa shape index (κ2) is 9.59. The third-order valence-corrected chi connectivity index (χ3v) is 4.44. The van der Waals surface area contributed by atoms with E-state index in [2.05, 4.69) is 4.98 Å². The quantitative estimate of drug-likeness (QED) is 0.582. The SMILES string of the molecule is COc1cccc(OC)c1-c1cccc(OCc2ccc(CCC(=O)O)cc2)n1. The summed E-state index contributed by atoms with van der Waals surface area (Å²) in [6.07, 6.45) is 0.639. The van der Waals surface area contributed by atoms with Gasteiger partial charge in [-0.25, -0.2) is 4.98 Å². The second-order valence-corrected chi connectivity index (χ2v) is 6.40. The van der Waals surface area contributed by atoms with Gasteiger partial charge in [0.05, 0.1) is 25.5 Å². The fourth-order valence-electron chi connectivity index (χ4n) is 2.95. The number of aromatic nitrogens is 1. The fourth-order valence-corrected chi connectivity index (χ4v) is 2.95. The molecule has 1 aromatic heterocycles. The van der Waals surface area contributed by atoms with Crippen LogP contribution in [0.25, 0.3) is 11.3 Å². The number of carboxylic acid groups (broad SMARTS) is 1. The van der Waals surface area contributed by atoms with Crippen LogP contribution < -0.4 is 14.2 Å². The highest BCUT2D eigenvalue weighted by molar-refractivity contribution is 5.74. The molecule has 0 fully saturated rings. The largest absolute Gasteiger partial charge is 0.496 e. The summed E-state index contributed by atoms with van der Waals surface area (Å²) in [5.41, 5.74) is 3.43. The highest BCUT2D eigenvalue weighted by atomic mass is 16.5. The Labute approximate surface area is 169 Å². The van der Waals surface area contributed by atoms with Crippen LogP contribution in [0.2, 0.25) is 0 Å². The van der Waals surface area contributed by atoms with E-state index < -0.39 is 5.97 Å². The molecule has 150 valence electrons. The number of carboxylic acids is 1. The Morgan fingerprint density at radius 3 is 2.14 bits per heavy atom. The van der Waals surface area contributed by atoms with Crippen molar-refractivity contribution >= 4 is 5.97 Å². The van der Waals surface area contributed by atoms with Gasteiger partial charge in [-0.1, -0.05) is 36.4 Å². The zero-order chi connectivity index (χ0) is 20.6. The second-order valence-electron chi connectivity index (χ2n) is 6.40. The van der Waals surface area contributed by atoms with Crippen molar-refractivity contribution in [2.24, 2.45) is 0 Å². The molecule has 6 nitrogen and oxygen atoms in total. The van der Waals surface area contributed by atoms with Crippen molar-refractivity contribution in [2.45, 2.75) is 19.4 Å². The molecule has 0 atom stereocenters.